The van der Waals surface area contributed by atoms with Gasteiger partial charge in [-0.05, 0) is 31.9 Å². The lowest BCUT2D eigenvalue weighted by molar-refractivity contribution is -0.138. The van der Waals surface area contributed by atoms with E-state index < -0.39 is 23.6 Å². The summed E-state index contributed by atoms with van der Waals surface area (Å²) in [6.45, 7) is 9.01. The van der Waals surface area contributed by atoms with Crippen LogP contribution in [0, 0.1) is 0 Å². The van der Waals surface area contributed by atoms with Crippen molar-refractivity contribution < 1.29 is 24.2 Å². The maximum atomic E-state index is 11.6. The lowest BCUT2D eigenvalue weighted by Gasteiger charge is -2.21. The highest BCUT2D eigenvalue weighted by Crippen LogP contribution is 2.17. The first-order chi connectivity index (χ1) is 10.7. The highest BCUT2D eigenvalue weighted by Gasteiger charge is 2.22. The maximum absolute atomic E-state index is 11.6. The Morgan fingerprint density at radius 2 is 1.91 bits per heavy atom. The molecule has 1 unspecified atom stereocenters. The molecular weight excluding hydrogens is 298 g/mol. The average Bonchev–Trinajstić information content (AvgIpc) is 2.44. The number of carboxylic acids is 1. The molecule has 0 aliphatic carbocycles. The fourth-order valence-corrected chi connectivity index (χ4v) is 1.85. The van der Waals surface area contributed by atoms with Crippen LogP contribution in [0.25, 0.3) is 0 Å². The molecule has 0 aliphatic heterocycles. The topological polar surface area (TPSA) is 84.9 Å². The smallest absolute Gasteiger partial charge is 0.407 e. The van der Waals surface area contributed by atoms with E-state index in [0.717, 1.165) is 5.56 Å². The second-order valence-corrected chi connectivity index (χ2v) is 5.99. The Balaban J connectivity index is 2.69. The molecule has 0 heterocycles. The van der Waals surface area contributed by atoms with Gasteiger partial charge in [-0.3, -0.25) is 4.79 Å². The Morgan fingerprint density at radius 1 is 1.30 bits per heavy atom. The molecule has 0 radical (unpaired) electrons. The number of ether oxygens (including phenoxy) is 2. The zero-order valence-corrected chi connectivity index (χ0v) is 13.7. The van der Waals surface area contributed by atoms with Gasteiger partial charge in [-0.15, -0.1) is 0 Å². The van der Waals surface area contributed by atoms with Gasteiger partial charge in [0.15, 0.2) is 0 Å². The van der Waals surface area contributed by atoms with Crippen molar-refractivity contribution in [3.63, 3.8) is 0 Å². The Morgan fingerprint density at radius 3 is 2.39 bits per heavy atom. The SMILES string of the molecule is C=COCc1ccc(C(CNC(=O)OC(C)(C)C)C(=O)O)cc1. The molecule has 1 aromatic carbocycles. The van der Waals surface area contributed by atoms with Crippen LogP contribution < -0.4 is 5.32 Å². The van der Waals surface area contributed by atoms with E-state index in [1.54, 1.807) is 45.0 Å². The number of aliphatic carboxylic acids is 1. The third-order valence-corrected chi connectivity index (χ3v) is 2.90. The molecule has 1 amide bonds. The van der Waals surface area contributed by atoms with Crippen LogP contribution in [-0.4, -0.2) is 29.3 Å². The highest BCUT2D eigenvalue weighted by atomic mass is 16.6. The van der Waals surface area contributed by atoms with Gasteiger partial charge in [0.25, 0.3) is 0 Å². The Labute approximate surface area is 136 Å². The van der Waals surface area contributed by atoms with E-state index in [4.69, 9.17) is 9.47 Å². The molecule has 1 aromatic rings. The Bertz CT molecular complexity index is 545. The van der Waals surface area contributed by atoms with Gasteiger partial charge in [0.2, 0.25) is 0 Å². The quantitative estimate of drug-likeness (QED) is 0.754. The number of carbonyl (C=O) groups excluding carboxylic acids is 1. The Hall–Kier alpha value is -2.50. The van der Waals surface area contributed by atoms with Crippen LogP contribution in [0.3, 0.4) is 0 Å². The minimum atomic E-state index is -1.02. The van der Waals surface area contributed by atoms with Crippen molar-refractivity contribution in [1.82, 2.24) is 5.32 Å². The number of benzene rings is 1. The molecule has 0 fully saturated rings. The minimum Gasteiger partial charge on any atom is -0.497 e. The van der Waals surface area contributed by atoms with Crippen molar-refractivity contribution in [3.8, 4) is 0 Å². The van der Waals surface area contributed by atoms with Gasteiger partial charge in [0.05, 0.1) is 12.2 Å². The van der Waals surface area contributed by atoms with Crippen LogP contribution in [0.2, 0.25) is 0 Å². The summed E-state index contributed by atoms with van der Waals surface area (Å²) in [4.78, 5) is 23.1. The average molecular weight is 321 g/mol. The number of carboxylic acid groups (broad SMARTS) is 1. The third kappa shape index (κ3) is 6.86. The summed E-state index contributed by atoms with van der Waals surface area (Å²) < 4.78 is 10.2. The summed E-state index contributed by atoms with van der Waals surface area (Å²) >= 11 is 0. The number of alkyl carbamates (subject to hydrolysis) is 1. The van der Waals surface area contributed by atoms with Crippen molar-refractivity contribution in [3.05, 3.63) is 48.2 Å². The fraction of sp³-hybridized carbons (Fsp3) is 0.412. The number of hydrogen-bond acceptors (Lipinski definition) is 4. The molecule has 126 valence electrons. The van der Waals surface area contributed by atoms with Crippen molar-refractivity contribution in [2.75, 3.05) is 6.54 Å². The molecule has 23 heavy (non-hydrogen) atoms. The molecule has 2 N–H and O–H groups in total. The molecule has 0 spiro atoms. The first kappa shape index (κ1) is 18.5. The fourth-order valence-electron chi connectivity index (χ4n) is 1.85. The van der Waals surface area contributed by atoms with Crippen molar-refractivity contribution in [2.45, 2.75) is 38.9 Å². The first-order valence-electron chi connectivity index (χ1n) is 7.24. The van der Waals surface area contributed by atoms with E-state index in [9.17, 15) is 14.7 Å². The molecule has 0 bridgehead atoms. The van der Waals surface area contributed by atoms with Gasteiger partial charge < -0.3 is 19.9 Å². The van der Waals surface area contributed by atoms with Crippen LogP contribution in [0.15, 0.2) is 37.1 Å². The summed E-state index contributed by atoms with van der Waals surface area (Å²) in [5, 5.41) is 11.8. The summed E-state index contributed by atoms with van der Waals surface area (Å²) in [7, 11) is 0. The summed E-state index contributed by atoms with van der Waals surface area (Å²) in [5.41, 5.74) is 0.865. The third-order valence-electron chi connectivity index (χ3n) is 2.90. The molecule has 1 atom stereocenters. The van der Waals surface area contributed by atoms with Gasteiger partial charge in [-0.1, -0.05) is 30.8 Å². The predicted molar refractivity (Wildman–Crippen MR) is 86.0 cm³/mol. The van der Waals surface area contributed by atoms with Crippen LogP contribution in [0.1, 0.15) is 37.8 Å². The molecule has 0 saturated heterocycles. The lowest BCUT2D eigenvalue weighted by atomic mass is 9.98. The largest absolute Gasteiger partial charge is 0.497 e. The van der Waals surface area contributed by atoms with E-state index in [-0.39, 0.29) is 6.54 Å². The molecule has 0 saturated carbocycles. The van der Waals surface area contributed by atoms with Gasteiger partial charge in [-0.25, -0.2) is 4.79 Å². The van der Waals surface area contributed by atoms with E-state index in [1.165, 1.54) is 6.26 Å². The maximum Gasteiger partial charge on any atom is 0.407 e. The van der Waals surface area contributed by atoms with Crippen LogP contribution in [0.4, 0.5) is 4.79 Å². The van der Waals surface area contributed by atoms with E-state index in [2.05, 4.69) is 11.9 Å². The predicted octanol–water partition coefficient (Wildman–Crippen LogP) is 3.04. The van der Waals surface area contributed by atoms with Crippen molar-refractivity contribution in [1.29, 1.82) is 0 Å². The minimum absolute atomic E-state index is 0.0489. The van der Waals surface area contributed by atoms with Gasteiger partial charge in [-0.2, -0.15) is 0 Å². The van der Waals surface area contributed by atoms with Crippen LogP contribution >= 0.6 is 0 Å². The molecule has 6 heteroatoms. The van der Waals surface area contributed by atoms with Crippen molar-refractivity contribution >= 4 is 12.1 Å². The first-order valence-corrected chi connectivity index (χ1v) is 7.24. The molecule has 6 nitrogen and oxygen atoms in total. The summed E-state index contributed by atoms with van der Waals surface area (Å²) in [6, 6.07) is 6.97. The highest BCUT2D eigenvalue weighted by molar-refractivity contribution is 5.77. The van der Waals surface area contributed by atoms with Crippen molar-refractivity contribution in [2.24, 2.45) is 0 Å². The number of rotatable bonds is 7. The van der Waals surface area contributed by atoms with E-state index in [0.29, 0.717) is 12.2 Å². The number of nitrogens with one attached hydrogen (secondary N) is 1. The lowest BCUT2D eigenvalue weighted by Crippen LogP contribution is -2.36. The van der Waals surface area contributed by atoms with E-state index in [1.807, 2.05) is 0 Å². The second-order valence-electron chi connectivity index (χ2n) is 5.99. The zero-order valence-electron chi connectivity index (χ0n) is 13.7. The molecule has 0 aromatic heterocycles. The molecule has 1 rings (SSSR count). The van der Waals surface area contributed by atoms with Gasteiger partial charge in [0.1, 0.15) is 12.2 Å². The monoisotopic (exact) mass is 321 g/mol. The number of carbonyl (C=O) groups is 2. The normalized spacial score (nSPS) is 12.1. The molecule has 0 aliphatic rings. The van der Waals surface area contributed by atoms with E-state index >= 15 is 0 Å². The number of amides is 1. The number of hydrogen-bond donors (Lipinski definition) is 2. The summed E-state index contributed by atoms with van der Waals surface area (Å²) in [5.74, 6) is -1.87. The standard InChI is InChI=1S/C17H23NO5/c1-5-22-11-12-6-8-13(9-7-12)14(15(19)20)10-18-16(21)23-17(2,3)4/h5-9,14H,1,10-11H2,2-4H3,(H,18,21)(H,19,20). The zero-order chi connectivity index (χ0) is 17.5. The van der Waals surface area contributed by atoms with Crippen LogP contribution in [-0.2, 0) is 20.9 Å². The summed E-state index contributed by atoms with van der Waals surface area (Å²) in [6.07, 6.45) is 0.707. The Kier molecular flexibility index (Phi) is 6.63. The van der Waals surface area contributed by atoms with Gasteiger partial charge >= 0.3 is 12.1 Å². The molecular formula is C17H23NO5. The second kappa shape index (κ2) is 8.22. The van der Waals surface area contributed by atoms with Gasteiger partial charge in [0, 0.05) is 6.54 Å². The van der Waals surface area contributed by atoms with Crippen LogP contribution in [0.5, 0.6) is 0 Å².